The quantitative estimate of drug-likeness (QED) is 0.249. The van der Waals surface area contributed by atoms with Gasteiger partial charge in [0.15, 0.2) is 0 Å². The molecular weight excluding hydrogens is 316 g/mol. The van der Waals surface area contributed by atoms with Crippen molar-refractivity contribution in [1.82, 2.24) is 0 Å². The van der Waals surface area contributed by atoms with Crippen LogP contribution in [0.4, 0.5) is 0 Å². The Labute approximate surface area is 141 Å². The molecule has 0 aromatic carbocycles. The van der Waals surface area contributed by atoms with Gasteiger partial charge in [0.25, 0.3) is 0 Å². The Bertz CT molecular complexity index is 499. The largest absolute Gasteiger partial charge is 0.466 e. The first-order valence-electron chi connectivity index (χ1n) is 7.21. The van der Waals surface area contributed by atoms with Crippen LogP contribution in [0.1, 0.15) is 26.7 Å². The van der Waals surface area contributed by atoms with Crippen molar-refractivity contribution in [3.8, 4) is 0 Å². The zero-order chi connectivity index (χ0) is 18.8. The molecule has 7 nitrogen and oxygen atoms in total. The number of epoxide rings is 1. The van der Waals surface area contributed by atoms with Gasteiger partial charge >= 0.3 is 17.9 Å². The highest BCUT2D eigenvalue weighted by molar-refractivity contribution is 5.87. The summed E-state index contributed by atoms with van der Waals surface area (Å²) in [6.07, 6.45) is 4.26. The van der Waals surface area contributed by atoms with Gasteiger partial charge in [0.05, 0.1) is 20.0 Å². The molecule has 1 atom stereocenters. The van der Waals surface area contributed by atoms with Crippen molar-refractivity contribution in [3.63, 3.8) is 0 Å². The van der Waals surface area contributed by atoms with Gasteiger partial charge in [-0.1, -0.05) is 19.7 Å². The maximum absolute atomic E-state index is 11.2. The Morgan fingerprint density at radius 2 is 1.75 bits per heavy atom. The minimum absolute atomic E-state index is 0.167. The van der Waals surface area contributed by atoms with Crippen LogP contribution < -0.4 is 0 Å². The normalized spacial score (nSPS) is 18.0. The van der Waals surface area contributed by atoms with E-state index >= 15 is 0 Å². The number of rotatable bonds is 5. The van der Waals surface area contributed by atoms with E-state index in [1.165, 1.54) is 14.0 Å². The fraction of sp³-hybridized carbons (Fsp3) is 0.471. The minimum Gasteiger partial charge on any atom is -0.466 e. The summed E-state index contributed by atoms with van der Waals surface area (Å²) in [4.78, 5) is 30.7. The van der Waals surface area contributed by atoms with E-state index in [0.717, 1.165) is 31.8 Å². The molecule has 0 radical (unpaired) electrons. The van der Waals surface area contributed by atoms with E-state index in [9.17, 15) is 14.4 Å². The lowest BCUT2D eigenvalue weighted by molar-refractivity contribution is -0.147. The molecule has 24 heavy (non-hydrogen) atoms. The number of hydrogen-bond donors (Lipinski definition) is 0. The lowest BCUT2D eigenvalue weighted by Crippen LogP contribution is -2.25. The van der Waals surface area contributed by atoms with Gasteiger partial charge < -0.3 is 18.9 Å². The fourth-order valence-electron chi connectivity index (χ4n) is 1.44. The molecule has 0 aromatic rings. The second-order valence-corrected chi connectivity index (χ2v) is 5.06. The van der Waals surface area contributed by atoms with Gasteiger partial charge in [-0.2, -0.15) is 0 Å². The van der Waals surface area contributed by atoms with E-state index in [-0.39, 0.29) is 23.6 Å². The van der Waals surface area contributed by atoms with Gasteiger partial charge in [0.2, 0.25) is 0 Å². The molecule has 1 saturated heterocycles. The monoisotopic (exact) mass is 340 g/mol. The van der Waals surface area contributed by atoms with E-state index in [1.54, 1.807) is 6.92 Å². The lowest BCUT2D eigenvalue weighted by Gasteiger charge is -2.13. The molecule has 1 saturated carbocycles. The van der Waals surface area contributed by atoms with Gasteiger partial charge in [0, 0.05) is 18.6 Å². The average molecular weight is 340 g/mol. The Morgan fingerprint density at radius 3 is 1.92 bits per heavy atom. The van der Waals surface area contributed by atoms with E-state index in [0.29, 0.717) is 5.57 Å². The van der Waals surface area contributed by atoms with E-state index in [1.807, 2.05) is 0 Å². The number of esters is 3. The molecule has 1 aliphatic heterocycles. The third-order valence-corrected chi connectivity index (χ3v) is 2.92. The molecule has 1 aliphatic carbocycles. The minimum atomic E-state index is -0.394. The first kappa shape index (κ1) is 21.6. The third kappa shape index (κ3) is 8.89. The topological polar surface area (TPSA) is 91.4 Å². The molecule has 0 spiro atoms. The summed E-state index contributed by atoms with van der Waals surface area (Å²) in [5.74, 6) is -1.01. The van der Waals surface area contributed by atoms with Gasteiger partial charge in [-0.25, -0.2) is 9.59 Å². The molecule has 2 fully saturated rings. The molecule has 1 heterocycles. The number of hydrogen-bond acceptors (Lipinski definition) is 7. The average Bonchev–Trinajstić information content (AvgIpc) is 3.40. The lowest BCUT2D eigenvalue weighted by atomic mass is 10.2. The molecule has 0 aromatic heterocycles. The number of carbonyl (C=O) groups excluding carboxylic acids is 3. The van der Waals surface area contributed by atoms with Crippen LogP contribution >= 0.6 is 0 Å². The summed E-state index contributed by atoms with van der Waals surface area (Å²) >= 11 is 0. The predicted octanol–water partition coefficient (Wildman–Crippen LogP) is 2.08. The number of ether oxygens (including phenoxy) is 4. The van der Waals surface area contributed by atoms with Crippen LogP contribution in [0.2, 0.25) is 0 Å². The van der Waals surface area contributed by atoms with Gasteiger partial charge in [-0.3, -0.25) is 4.79 Å². The highest BCUT2D eigenvalue weighted by Gasteiger charge is 2.59. The molecule has 0 amide bonds. The number of methoxy groups -OCH3 is 1. The first-order valence-corrected chi connectivity index (χ1v) is 7.21. The smallest absolute Gasteiger partial charge is 0.333 e. The number of carbonyl (C=O) groups is 3. The predicted molar refractivity (Wildman–Crippen MR) is 86.8 cm³/mol. The zero-order valence-corrected chi connectivity index (χ0v) is 14.3. The summed E-state index contributed by atoms with van der Waals surface area (Å²) in [6.45, 7) is 13.6. The summed E-state index contributed by atoms with van der Waals surface area (Å²) < 4.78 is 18.7. The van der Waals surface area contributed by atoms with Crippen LogP contribution in [0.3, 0.4) is 0 Å². The van der Waals surface area contributed by atoms with Crippen molar-refractivity contribution >= 4 is 17.9 Å². The Morgan fingerprint density at radius 1 is 1.21 bits per heavy atom. The van der Waals surface area contributed by atoms with Crippen molar-refractivity contribution in [1.29, 1.82) is 0 Å². The molecule has 2 aliphatic rings. The Balaban J connectivity index is 0.000000377. The highest BCUT2D eigenvalue weighted by Crippen LogP contribution is 2.48. The second kappa shape index (κ2) is 10.4. The highest BCUT2D eigenvalue weighted by atomic mass is 16.6. The van der Waals surface area contributed by atoms with Crippen LogP contribution in [-0.4, -0.2) is 43.3 Å². The van der Waals surface area contributed by atoms with Crippen molar-refractivity contribution < 1.29 is 33.3 Å². The first-order chi connectivity index (χ1) is 11.2. The van der Waals surface area contributed by atoms with Crippen molar-refractivity contribution in [2.45, 2.75) is 38.4 Å². The SMILES string of the molecule is C=C(C)C(=O)OC1(C2CO2)CC1.C=CC(=O)OC.C=COC(C)=O. The maximum atomic E-state index is 11.2. The van der Waals surface area contributed by atoms with Gasteiger partial charge in [-0.05, 0) is 19.8 Å². The van der Waals surface area contributed by atoms with Crippen molar-refractivity contribution in [2.24, 2.45) is 0 Å². The molecular formula is C17H24O7. The second-order valence-electron chi connectivity index (χ2n) is 5.06. The standard InChI is InChI=1S/C9H12O3.2C4H6O2/c1-6(2)8(10)12-9(3-4-9)7-5-11-7;1-3-4(5)6-2;1-3-6-4(2)5/h7H,1,3-5H2,2H3;2*3H,1H2,2H3. The van der Waals surface area contributed by atoms with Gasteiger partial charge in [-0.15, -0.1) is 0 Å². The maximum Gasteiger partial charge on any atom is 0.333 e. The summed E-state index contributed by atoms with van der Waals surface area (Å²) in [6, 6.07) is 0. The Hall–Kier alpha value is -2.41. The summed E-state index contributed by atoms with van der Waals surface area (Å²) in [5.41, 5.74) is 0.192. The van der Waals surface area contributed by atoms with Crippen LogP contribution in [0.25, 0.3) is 0 Å². The third-order valence-electron chi connectivity index (χ3n) is 2.92. The molecule has 134 valence electrons. The summed E-state index contributed by atoms with van der Waals surface area (Å²) in [5, 5.41) is 0. The van der Waals surface area contributed by atoms with E-state index in [2.05, 4.69) is 29.2 Å². The van der Waals surface area contributed by atoms with Gasteiger partial charge in [0.1, 0.15) is 11.7 Å². The van der Waals surface area contributed by atoms with E-state index in [4.69, 9.17) is 9.47 Å². The van der Waals surface area contributed by atoms with Crippen LogP contribution in [0.5, 0.6) is 0 Å². The molecule has 0 bridgehead atoms. The van der Waals surface area contributed by atoms with Crippen LogP contribution in [-0.2, 0) is 33.3 Å². The van der Waals surface area contributed by atoms with E-state index < -0.39 is 5.97 Å². The fourth-order valence-corrected chi connectivity index (χ4v) is 1.44. The molecule has 2 rings (SSSR count). The summed E-state index contributed by atoms with van der Waals surface area (Å²) in [7, 11) is 1.31. The molecule has 7 heteroatoms. The molecule has 1 unspecified atom stereocenters. The van der Waals surface area contributed by atoms with Crippen molar-refractivity contribution in [2.75, 3.05) is 13.7 Å². The Kier molecular flexibility index (Phi) is 9.34. The van der Waals surface area contributed by atoms with Crippen LogP contribution in [0.15, 0.2) is 37.6 Å². The van der Waals surface area contributed by atoms with Crippen LogP contribution in [0, 0.1) is 0 Å². The zero-order valence-electron chi connectivity index (χ0n) is 14.3. The van der Waals surface area contributed by atoms with Crippen molar-refractivity contribution in [3.05, 3.63) is 37.6 Å². The molecule has 0 N–H and O–H groups in total.